The van der Waals surface area contributed by atoms with Crippen LogP contribution in [0.25, 0.3) is 5.69 Å². The second-order valence-corrected chi connectivity index (χ2v) is 7.17. The molecule has 1 amide bonds. The summed E-state index contributed by atoms with van der Waals surface area (Å²) >= 11 is 0. The van der Waals surface area contributed by atoms with E-state index in [4.69, 9.17) is 9.47 Å². The van der Waals surface area contributed by atoms with Crippen LogP contribution in [0.4, 0.5) is 13.2 Å². The minimum atomic E-state index is -4.54. The van der Waals surface area contributed by atoms with Gasteiger partial charge in [-0.2, -0.15) is 18.3 Å². The molecule has 1 aromatic heterocycles. The molecule has 0 spiro atoms. The first-order valence-electron chi connectivity index (χ1n) is 9.67. The highest BCUT2D eigenvalue weighted by molar-refractivity contribution is 5.92. The third-order valence-electron chi connectivity index (χ3n) is 4.80. The highest BCUT2D eigenvalue weighted by Gasteiger charge is 2.31. The fourth-order valence-corrected chi connectivity index (χ4v) is 3.23. The third-order valence-corrected chi connectivity index (χ3v) is 4.80. The maximum absolute atomic E-state index is 13.1. The van der Waals surface area contributed by atoms with Crippen molar-refractivity contribution in [2.45, 2.75) is 19.2 Å². The van der Waals surface area contributed by atoms with Gasteiger partial charge in [0.15, 0.2) is 17.2 Å². The average molecular weight is 445 g/mol. The summed E-state index contributed by atoms with van der Waals surface area (Å²) in [5, 5.41) is 6.59. The van der Waals surface area contributed by atoms with Gasteiger partial charge >= 0.3 is 6.18 Å². The van der Waals surface area contributed by atoms with Crippen molar-refractivity contribution in [2.24, 2.45) is 0 Å². The predicted octanol–water partition coefficient (Wildman–Crippen LogP) is 3.13. The monoisotopic (exact) mass is 445 g/mol. The normalized spacial score (nSPS) is 15.3. The number of hydrogen-bond donors (Lipinski definition) is 1. The fourth-order valence-electron chi connectivity index (χ4n) is 3.23. The zero-order valence-corrected chi connectivity index (χ0v) is 16.8. The smallest absolute Gasteiger partial charge is 0.416 e. The van der Waals surface area contributed by atoms with Crippen LogP contribution in [0.2, 0.25) is 0 Å². The second-order valence-electron chi connectivity index (χ2n) is 7.17. The number of halogens is 3. The molecule has 0 saturated heterocycles. The summed E-state index contributed by atoms with van der Waals surface area (Å²) < 4.78 is 51.6. The molecule has 0 bridgehead atoms. The molecule has 1 aliphatic rings. The molecular formula is C22H18F3N3O4. The molecule has 2 aromatic carbocycles. The molecule has 4 rings (SSSR count). The van der Waals surface area contributed by atoms with E-state index in [1.54, 1.807) is 18.2 Å². The zero-order chi connectivity index (χ0) is 22.9. The van der Waals surface area contributed by atoms with Gasteiger partial charge in [-0.05, 0) is 37.3 Å². The molecule has 0 radical (unpaired) electrons. The fraction of sp³-hybridized carbons (Fsp3) is 0.227. The number of fused-ring (bicyclic) bond motifs is 1. The minimum Gasteiger partial charge on any atom is -0.486 e. The van der Waals surface area contributed by atoms with Gasteiger partial charge in [-0.15, -0.1) is 0 Å². The van der Waals surface area contributed by atoms with E-state index in [-0.39, 0.29) is 24.5 Å². The summed E-state index contributed by atoms with van der Waals surface area (Å²) in [5.74, 6) is 0.371. The molecule has 0 saturated carbocycles. The predicted molar refractivity (Wildman–Crippen MR) is 108 cm³/mol. The van der Waals surface area contributed by atoms with E-state index in [0.29, 0.717) is 11.5 Å². The van der Waals surface area contributed by atoms with E-state index in [9.17, 15) is 22.8 Å². The third kappa shape index (κ3) is 4.43. The lowest BCUT2D eigenvalue weighted by Gasteiger charge is -2.26. The molecule has 0 fully saturated rings. The van der Waals surface area contributed by atoms with Crippen molar-refractivity contribution in [3.8, 4) is 17.2 Å². The van der Waals surface area contributed by atoms with E-state index >= 15 is 0 Å². The van der Waals surface area contributed by atoms with Gasteiger partial charge < -0.3 is 14.8 Å². The number of nitrogens with one attached hydrogen (secondary N) is 1. The van der Waals surface area contributed by atoms with Crippen LogP contribution in [0.3, 0.4) is 0 Å². The van der Waals surface area contributed by atoms with Gasteiger partial charge in [-0.3, -0.25) is 9.59 Å². The number of aromatic nitrogens is 2. The van der Waals surface area contributed by atoms with E-state index in [1.165, 1.54) is 19.1 Å². The van der Waals surface area contributed by atoms with Gasteiger partial charge in [0.25, 0.3) is 5.91 Å². The molecule has 10 heteroatoms. The maximum atomic E-state index is 13.1. The summed E-state index contributed by atoms with van der Waals surface area (Å²) in [6.07, 6.45) is -5.02. The van der Waals surface area contributed by atoms with E-state index in [2.05, 4.69) is 10.4 Å². The van der Waals surface area contributed by atoms with Crippen LogP contribution in [0.5, 0.6) is 11.5 Å². The van der Waals surface area contributed by atoms with Gasteiger partial charge in [-0.25, -0.2) is 4.68 Å². The molecule has 1 atom stereocenters. The number of rotatable bonds is 4. The first-order valence-corrected chi connectivity index (χ1v) is 9.67. The highest BCUT2D eigenvalue weighted by Crippen LogP contribution is 2.31. The molecule has 7 nitrogen and oxygen atoms in total. The van der Waals surface area contributed by atoms with Crippen molar-refractivity contribution >= 4 is 5.91 Å². The Hall–Kier alpha value is -3.82. The lowest BCUT2D eigenvalue weighted by atomic mass is 10.2. The number of carbonyl (C=O) groups excluding carboxylic acids is 1. The summed E-state index contributed by atoms with van der Waals surface area (Å²) in [6.45, 7) is 1.76. The van der Waals surface area contributed by atoms with Gasteiger partial charge in [0, 0.05) is 11.8 Å². The number of hydrogen-bond acceptors (Lipinski definition) is 5. The first-order chi connectivity index (χ1) is 15.2. The Morgan fingerprint density at radius 2 is 1.91 bits per heavy atom. The first kappa shape index (κ1) is 21.4. The van der Waals surface area contributed by atoms with Crippen molar-refractivity contribution < 1.29 is 27.4 Å². The summed E-state index contributed by atoms with van der Waals surface area (Å²) in [6, 6.07) is 12.7. The van der Waals surface area contributed by atoms with E-state index < -0.39 is 34.9 Å². The minimum absolute atomic E-state index is 0.0473. The van der Waals surface area contributed by atoms with Crippen LogP contribution >= 0.6 is 0 Å². The van der Waals surface area contributed by atoms with Gasteiger partial charge in [-0.1, -0.05) is 18.2 Å². The van der Waals surface area contributed by atoms with Crippen LogP contribution in [-0.4, -0.2) is 34.9 Å². The lowest BCUT2D eigenvalue weighted by Crippen LogP contribution is -2.42. The number of amides is 1. The van der Waals surface area contributed by atoms with Gasteiger partial charge in [0.2, 0.25) is 5.43 Å². The Bertz CT molecular complexity index is 1220. The van der Waals surface area contributed by atoms with Crippen molar-refractivity contribution in [1.82, 2.24) is 15.1 Å². The summed E-state index contributed by atoms with van der Waals surface area (Å²) in [5.41, 5.74) is -1.59. The number of ether oxygens (including phenoxy) is 2. The molecule has 2 heterocycles. The van der Waals surface area contributed by atoms with Crippen LogP contribution in [0.15, 0.2) is 59.4 Å². The number of alkyl halides is 3. The Labute approximate surface area is 180 Å². The SMILES string of the molecule is Cc1cc(=O)c(C(=O)NC[C@@H]2COc3ccccc3O2)nn1-c1cccc(C(F)(F)F)c1. The van der Waals surface area contributed by atoms with Crippen molar-refractivity contribution in [1.29, 1.82) is 0 Å². The van der Waals surface area contributed by atoms with Crippen molar-refractivity contribution in [2.75, 3.05) is 13.2 Å². The standard InChI is InChI=1S/C22H18F3N3O4/c1-13-9-17(29)20(27-28(13)15-6-4-5-14(10-15)22(23,24)25)21(30)26-11-16-12-31-18-7-2-3-8-19(18)32-16/h2-10,16H,11-12H2,1H3,(H,26,30)/t16-/m1/s1. The number of aryl methyl sites for hydroxylation is 1. The van der Waals surface area contributed by atoms with Gasteiger partial charge in [0.1, 0.15) is 12.7 Å². The Morgan fingerprint density at radius 1 is 1.16 bits per heavy atom. The number of nitrogens with zero attached hydrogens (tertiary/aromatic N) is 2. The number of para-hydroxylation sites is 2. The Balaban J connectivity index is 1.53. The van der Waals surface area contributed by atoms with Crippen LogP contribution < -0.4 is 20.2 Å². The number of carbonyl (C=O) groups is 1. The van der Waals surface area contributed by atoms with Crippen LogP contribution in [0.1, 0.15) is 21.7 Å². The molecule has 0 aliphatic carbocycles. The molecule has 166 valence electrons. The van der Waals surface area contributed by atoms with Crippen LogP contribution in [0, 0.1) is 6.92 Å². The molecule has 32 heavy (non-hydrogen) atoms. The molecule has 0 unspecified atom stereocenters. The topological polar surface area (TPSA) is 82.5 Å². The summed E-state index contributed by atoms with van der Waals surface area (Å²) in [7, 11) is 0. The van der Waals surface area contributed by atoms with Crippen molar-refractivity contribution in [3.05, 3.63) is 81.8 Å². The zero-order valence-electron chi connectivity index (χ0n) is 16.8. The van der Waals surface area contributed by atoms with Gasteiger partial charge in [0.05, 0.1) is 17.8 Å². The molecule has 1 N–H and O–H groups in total. The maximum Gasteiger partial charge on any atom is 0.416 e. The average Bonchev–Trinajstić information content (AvgIpc) is 2.77. The van der Waals surface area contributed by atoms with E-state index in [1.807, 2.05) is 6.07 Å². The van der Waals surface area contributed by atoms with E-state index in [0.717, 1.165) is 22.9 Å². The molecular weight excluding hydrogens is 427 g/mol. The van der Waals surface area contributed by atoms with Crippen molar-refractivity contribution in [3.63, 3.8) is 0 Å². The number of benzene rings is 2. The Morgan fingerprint density at radius 3 is 2.66 bits per heavy atom. The summed E-state index contributed by atoms with van der Waals surface area (Å²) in [4.78, 5) is 24.9. The largest absolute Gasteiger partial charge is 0.486 e. The quantitative estimate of drug-likeness (QED) is 0.667. The van der Waals surface area contributed by atoms with Crippen LogP contribution in [-0.2, 0) is 6.18 Å². The molecule has 1 aliphatic heterocycles. The molecule has 3 aromatic rings. The Kier molecular flexibility index (Phi) is 5.60. The lowest BCUT2D eigenvalue weighted by molar-refractivity contribution is -0.137. The second kappa shape index (κ2) is 8.37. The highest BCUT2D eigenvalue weighted by atomic mass is 19.4.